The third-order valence-electron chi connectivity index (χ3n) is 13.9. The number of esters is 1. The number of thioether (sulfide) groups is 1. The Kier molecular flexibility index (Phi) is 35.6. The van der Waals surface area contributed by atoms with Crippen LogP contribution >= 0.6 is 118 Å². The molecular weight excluding hydrogens is 1500 g/mol. The first kappa shape index (κ1) is 78.3. The number of carbonyl (C=O) groups is 1. The highest BCUT2D eigenvalue weighted by Gasteiger charge is 2.22. The molecule has 19 heteroatoms. The van der Waals surface area contributed by atoms with Crippen molar-refractivity contribution in [1.29, 1.82) is 0 Å². The minimum absolute atomic E-state index is 0. The lowest BCUT2D eigenvalue weighted by atomic mass is 10.0. The summed E-state index contributed by atoms with van der Waals surface area (Å²) in [4.78, 5) is 18.3. The van der Waals surface area contributed by atoms with Gasteiger partial charge in [-0.25, -0.2) is 8.42 Å². The van der Waals surface area contributed by atoms with E-state index in [9.17, 15) is 13.2 Å². The predicted molar refractivity (Wildman–Crippen MR) is 407 cm³/mol. The van der Waals surface area contributed by atoms with Gasteiger partial charge in [-0.3, -0.25) is 4.79 Å². The van der Waals surface area contributed by atoms with E-state index >= 15 is 0 Å². The lowest BCUT2D eigenvalue weighted by Gasteiger charge is -2.14. The van der Waals surface area contributed by atoms with Gasteiger partial charge < -0.3 is 29.4 Å². The predicted octanol–water partition coefficient (Wildman–Crippen LogP) is 23.2. The molecular formula is C74H81Br3ClNO8S6. The number of hydrogen-bond acceptors (Lipinski definition) is 14. The minimum atomic E-state index is -3.61. The molecule has 0 aliphatic heterocycles. The summed E-state index contributed by atoms with van der Waals surface area (Å²) >= 11 is 18.4. The Morgan fingerprint density at radius 3 is 1.47 bits per heavy atom. The van der Waals surface area contributed by atoms with E-state index in [1.54, 1.807) is 80.5 Å². The van der Waals surface area contributed by atoms with Crippen LogP contribution in [-0.2, 0) is 38.8 Å². The van der Waals surface area contributed by atoms with Crippen LogP contribution in [0.3, 0.4) is 0 Å². The van der Waals surface area contributed by atoms with E-state index in [1.165, 1.54) is 65.1 Å². The first-order valence-corrected chi connectivity index (χ1v) is 38.2. The van der Waals surface area contributed by atoms with E-state index in [0.717, 1.165) is 83.9 Å². The number of unbranched alkanes of at least 4 members (excludes halogenated alkanes) is 1. The van der Waals surface area contributed by atoms with E-state index in [4.69, 9.17) is 29.4 Å². The molecule has 0 amide bonds. The highest BCUT2D eigenvalue weighted by molar-refractivity contribution is 9.11. The molecule has 9 nitrogen and oxygen atoms in total. The number of thiophene rings is 3. The summed E-state index contributed by atoms with van der Waals surface area (Å²) in [6.45, 7) is 9.59. The van der Waals surface area contributed by atoms with E-state index in [-0.39, 0.29) is 27.5 Å². The normalized spacial score (nSPS) is 10.9. The molecule has 1 unspecified atom stereocenters. The van der Waals surface area contributed by atoms with Gasteiger partial charge in [0.05, 0.1) is 54.4 Å². The maximum atomic E-state index is 12.9. The van der Waals surface area contributed by atoms with Crippen LogP contribution in [-0.4, -0.2) is 55.2 Å². The maximum Gasteiger partial charge on any atom is 0.306 e. The van der Waals surface area contributed by atoms with Crippen LogP contribution in [0, 0.1) is 5.92 Å². The zero-order valence-corrected chi connectivity index (χ0v) is 64.0. The molecule has 10 rings (SSSR count). The zero-order valence-electron chi connectivity index (χ0n) is 53.5. The molecule has 0 fully saturated rings. The van der Waals surface area contributed by atoms with E-state index in [2.05, 4.69) is 160 Å². The second-order valence-electron chi connectivity index (χ2n) is 20.5. The van der Waals surface area contributed by atoms with Crippen molar-refractivity contribution in [1.82, 2.24) is 0 Å². The number of nitrogens with two attached hydrogens (primary N) is 1. The molecule has 0 radical (unpaired) electrons. The summed E-state index contributed by atoms with van der Waals surface area (Å²) in [5.74, 6) is 4.17. The Labute approximate surface area is 603 Å². The minimum Gasteiger partial charge on any atom is -0.497 e. The molecule has 2 N–H and O–H groups in total. The quantitative estimate of drug-likeness (QED) is 0.0459. The summed E-state index contributed by atoms with van der Waals surface area (Å²) in [6.07, 6.45) is 7.26. The Balaban J connectivity index is 0.000000222. The number of ether oxygens (including phenoxy) is 5. The van der Waals surface area contributed by atoms with E-state index in [1.807, 2.05) is 102 Å². The molecule has 494 valence electrons. The molecule has 0 aliphatic rings. The fraction of sp³-hybridized carbons (Fsp3) is 0.257. The van der Waals surface area contributed by atoms with Crippen LogP contribution in [0.5, 0.6) is 23.0 Å². The number of aryl methyl sites for hydroxylation is 2. The number of benzene rings is 7. The van der Waals surface area contributed by atoms with Crippen LogP contribution in [0.25, 0.3) is 33.4 Å². The van der Waals surface area contributed by atoms with Crippen molar-refractivity contribution in [3.8, 4) is 56.4 Å². The monoisotopic (exact) mass is 1580 g/mol. The first-order chi connectivity index (χ1) is 44.5. The lowest BCUT2D eigenvalue weighted by molar-refractivity contribution is -0.144. The van der Waals surface area contributed by atoms with Crippen molar-refractivity contribution in [2.75, 3.05) is 40.8 Å². The molecule has 0 saturated heterocycles. The average molecular weight is 1580 g/mol. The van der Waals surface area contributed by atoms with Gasteiger partial charge in [0, 0.05) is 45.7 Å². The third kappa shape index (κ3) is 26.6. The number of halogens is 4. The Morgan fingerprint density at radius 2 is 1.01 bits per heavy atom. The van der Waals surface area contributed by atoms with Gasteiger partial charge in [0.25, 0.3) is 0 Å². The van der Waals surface area contributed by atoms with Crippen molar-refractivity contribution in [2.24, 2.45) is 11.7 Å². The number of sulfone groups is 1. The summed E-state index contributed by atoms with van der Waals surface area (Å²) in [7, 11) is 2.96. The molecule has 0 aliphatic carbocycles. The summed E-state index contributed by atoms with van der Waals surface area (Å²) in [5, 5.41) is 0. The average Bonchev–Trinajstić information content (AvgIpc) is 2.14. The van der Waals surface area contributed by atoms with Gasteiger partial charge in [-0.2, -0.15) is 0 Å². The van der Waals surface area contributed by atoms with E-state index < -0.39 is 9.84 Å². The fourth-order valence-electron chi connectivity index (χ4n) is 8.83. The number of hydrogen-bond donors (Lipinski definition) is 1. The van der Waals surface area contributed by atoms with Crippen molar-refractivity contribution in [2.45, 2.75) is 102 Å². The molecule has 3 heterocycles. The fourth-order valence-corrected chi connectivity index (χ4v) is 17.3. The third-order valence-corrected chi connectivity index (χ3v) is 23.3. The van der Waals surface area contributed by atoms with Gasteiger partial charge in [0.1, 0.15) is 27.2 Å². The zero-order chi connectivity index (χ0) is 66.3. The smallest absolute Gasteiger partial charge is 0.306 e. The Morgan fingerprint density at radius 1 is 0.527 bits per heavy atom. The Bertz CT molecular complexity index is 3910. The van der Waals surface area contributed by atoms with Gasteiger partial charge in [0.2, 0.25) is 9.84 Å². The van der Waals surface area contributed by atoms with Crippen LogP contribution in [0.1, 0.15) is 74.4 Å². The van der Waals surface area contributed by atoms with E-state index in [0.29, 0.717) is 37.0 Å². The summed E-state index contributed by atoms with van der Waals surface area (Å²) in [5.41, 5.74) is 12.0. The standard InChI is InChI=1S/C24H32O3S.C19H18OS2.C18H17NO3S2.C7H6Br2O.C6H7BrS.ClH/c1-4-6-10-19(5-2)18-27-24(25)13-14-28-23-16-21(15-22(17-23)26-3)20-11-8-7-9-12-20;1-3-17-9-10-19(21-17)22-18-12-15(11-16(13-18)20-2)14-7-5-4-6-8-14;1-22-15-9-14(13-5-3-2-4-6-13)10-17(11-15)24(20,21)18-8-7-16(12-19)23-18;1-10-7-3-5(8)2-6(9)4-7;1-2-5-3-4-6(7)8-5;/h7-9,11-12,15-17,19H,4-6,10,13-14,18H2,1-3H3;4-13H,3H2,1-2H3;2-11H,12,19H2,1H3;2-4H,1H3;3-4H,2H2,1H3;1H. The van der Waals surface area contributed by atoms with Gasteiger partial charge in [-0.1, -0.05) is 182 Å². The van der Waals surface area contributed by atoms with Crippen LogP contribution in [0.15, 0.2) is 236 Å². The maximum absolute atomic E-state index is 12.9. The van der Waals surface area contributed by atoms with Crippen molar-refractivity contribution in [3.63, 3.8) is 0 Å². The molecule has 0 saturated carbocycles. The van der Waals surface area contributed by atoms with Crippen molar-refractivity contribution < 1.29 is 36.9 Å². The van der Waals surface area contributed by atoms with Gasteiger partial charge in [0.15, 0.2) is 0 Å². The first-order valence-electron chi connectivity index (χ1n) is 30.1. The Hall–Kier alpha value is -5.35. The van der Waals surface area contributed by atoms with Crippen LogP contribution < -0.4 is 24.7 Å². The van der Waals surface area contributed by atoms with Crippen LogP contribution in [0.4, 0.5) is 0 Å². The summed E-state index contributed by atoms with van der Waals surface area (Å²) in [6, 6.07) is 65.7. The summed E-state index contributed by atoms with van der Waals surface area (Å²) < 4.78 is 57.4. The lowest BCUT2D eigenvalue weighted by Crippen LogP contribution is -2.14. The van der Waals surface area contributed by atoms with Crippen LogP contribution in [0.2, 0.25) is 0 Å². The molecule has 3 aromatic heterocycles. The largest absolute Gasteiger partial charge is 0.497 e. The van der Waals surface area contributed by atoms with Crippen molar-refractivity contribution >= 4 is 134 Å². The molecule has 0 bridgehead atoms. The molecule has 0 spiro atoms. The van der Waals surface area contributed by atoms with Gasteiger partial charge >= 0.3 is 5.97 Å². The second kappa shape index (κ2) is 42.3. The molecule has 7 aromatic carbocycles. The van der Waals surface area contributed by atoms with Gasteiger partial charge in [-0.05, 0) is 184 Å². The topological polar surface area (TPSA) is 123 Å². The van der Waals surface area contributed by atoms with Crippen molar-refractivity contribution in [3.05, 3.63) is 228 Å². The molecule has 93 heavy (non-hydrogen) atoms. The highest BCUT2D eigenvalue weighted by atomic mass is 79.9. The number of rotatable bonds is 24. The second-order valence-corrected chi connectivity index (χ2v) is 31.9. The van der Waals surface area contributed by atoms with Gasteiger partial charge in [-0.15, -0.1) is 58.2 Å². The SMILES string of the molecule is CCCCC(CC)COC(=O)CCSc1cc(OC)cc(-c2ccccc2)c1.CCc1ccc(Br)s1.CCc1ccc(Sc2cc(OC)cc(-c3ccccc3)c2)s1.COc1cc(-c2ccccc2)cc(S(=O)(=O)c2ccc(CN)s2)c1.COc1cc(Br)cc(Br)c1.Cl. The molecule has 10 aromatic rings. The number of carbonyl (C=O) groups excluding carboxylic acids is 1. The highest BCUT2D eigenvalue weighted by Crippen LogP contribution is 2.39. The molecule has 1 atom stereocenters. The number of methoxy groups -OCH3 is 4.